The van der Waals surface area contributed by atoms with Crippen molar-refractivity contribution < 1.29 is 13.2 Å². The third-order valence-electron chi connectivity index (χ3n) is 6.36. The highest BCUT2D eigenvalue weighted by Crippen LogP contribution is 2.22. The first-order chi connectivity index (χ1) is 16.9. The first-order valence-corrected chi connectivity index (χ1v) is 13.2. The molecule has 35 heavy (non-hydrogen) atoms. The average molecular weight is 493 g/mol. The predicted molar refractivity (Wildman–Crippen MR) is 139 cm³/mol. The van der Waals surface area contributed by atoms with Crippen molar-refractivity contribution in [3.63, 3.8) is 0 Å². The van der Waals surface area contributed by atoms with Gasteiger partial charge in [0, 0.05) is 44.0 Å². The Labute approximate surface area is 208 Å². The monoisotopic (exact) mass is 492 g/mol. The van der Waals surface area contributed by atoms with E-state index in [0.29, 0.717) is 38.3 Å². The normalized spacial score (nSPS) is 15.7. The van der Waals surface area contributed by atoms with E-state index in [1.165, 1.54) is 10.4 Å². The number of amides is 1. The Morgan fingerprint density at radius 2 is 1.51 bits per heavy atom. The van der Waals surface area contributed by atoms with Crippen LogP contribution in [0.5, 0.6) is 0 Å². The van der Waals surface area contributed by atoms with Gasteiger partial charge in [0.2, 0.25) is 10.0 Å². The average Bonchev–Trinajstić information content (AvgIpc) is 2.90. The molecule has 8 heteroatoms. The number of benzene rings is 3. The molecule has 1 unspecified atom stereocenters. The first-order valence-electron chi connectivity index (χ1n) is 11.8. The van der Waals surface area contributed by atoms with E-state index >= 15 is 0 Å². The second kappa shape index (κ2) is 11.0. The predicted octanol–water partition coefficient (Wildman–Crippen LogP) is 3.23. The topological polar surface area (TPSA) is 73.0 Å². The van der Waals surface area contributed by atoms with Crippen molar-refractivity contribution in [3.8, 4) is 0 Å². The van der Waals surface area contributed by atoms with Gasteiger partial charge in [-0.15, -0.1) is 0 Å². The minimum absolute atomic E-state index is 0.00738. The number of anilines is 1. The molecule has 1 heterocycles. The Hall–Kier alpha value is -3.20. The largest absolute Gasteiger partial charge is 0.369 e. The van der Waals surface area contributed by atoms with E-state index in [2.05, 4.69) is 10.2 Å². The lowest BCUT2D eigenvalue weighted by Gasteiger charge is -2.35. The van der Waals surface area contributed by atoms with Crippen LogP contribution >= 0.6 is 0 Å². The molecule has 1 N–H and O–H groups in total. The Bertz CT molecular complexity index is 1230. The highest BCUT2D eigenvalue weighted by molar-refractivity contribution is 7.89. The lowest BCUT2D eigenvalue weighted by Crippen LogP contribution is -2.48. The van der Waals surface area contributed by atoms with E-state index < -0.39 is 10.0 Å². The Morgan fingerprint density at radius 3 is 2.14 bits per heavy atom. The molecular weight excluding hydrogens is 460 g/mol. The Morgan fingerprint density at radius 1 is 0.886 bits per heavy atom. The van der Waals surface area contributed by atoms with E-state index in [4.69, 9.17) is 0 Å². The maximum Gasteiger partial charge on any atom is 0.251 e. The molecule has 4 rings (SSSR count). The molecule has 1 amide bonds. The lowest BCUT2D eigenvalue weighted by atomic mass is 10.1. The SMILES string of the molecule is CN(C)C(CNC(=O)c1cccc(S(=O)(=O)N2CCN(c3ccccc3)CC2)c1)c1ccccc1. The number of nitrogens with one attached hydrogen (secondary N) is 1. The van der Waals surface area contributed by atoms with Crippen LogP contribution in [-0.2, 0) is 10.0 Å². The molecular formula is C27H32N4O3S. The van der Waals surface area contributed by atoms with Crippen molar-refractivity contribution in [2.24, 2.45) is 0 Å². The van der Waals surface area contributed by atoms with Gasteiger partial charge in [0.25, 0.3) is 5.91 Å². The third kappa shape index (κ3) is 5.90. The van der Waals surface area contributed by atoms with Crippen molar-refractivity contribution in [2.75, 3.05) is 51.7 Å². The molecule has 1 fully saturated rings. The van der Waals surface area contributed by atoms with Crippen molar-refractivity contribution in [1.82, 2.24) is 14.5 Å². The van der Waals surface area contributed by atoms with E-state index in [9.17, 15) is 13.2 Å². The van der Waals surface area contributed by atoms with Gasteiger partial charge in [-0.1, -0.05) is 54.6 Å². The van der Waals surface area contributed by atoms with E-state index in [1.54, 1.807) is 18.2 Å². The van der Waals surface area contributed by atoms with Gasteiger partial charge in [-0.3, -0.25) is 4.79 Å². The summed E-state index contributed by atoms with van der Waals surface area (Å²) < 4.78 is 28.1. The lowest BCUT2D eigenvalue weighted by molar-refractivity contribution is 0.0941. The van der Waals surface area contributed by atoms with Crippen molar-refractivity contribution in [2.45, 2.75) is 10.9 Å². The minimum atomic E-state index is -3.69. The number of rotatable bonds is 8. The fourth-order valence-electron chi connectivity index (χ4n) is 4.34. The summed E-state index contributed by atoms with van der Waals surface area (Å²) in [5.41, 5.74) is 2.53. The quantitative estimate of drug-likeness (QED) is 0.523. The van der Waals surface area contributed by atoms with Gasteiger partial charge < -0.3 is 15.1 Å². The van der Waals surface area contributed by atoms with Crippen molar-refractivity contribution in [1.29, 1.82) is 0 Å². The third-order valence-corrected chi connectivity index (χ3v) is 8.25. The van der Waals surface area contributed by atoms with Crippen LogP contribution in [0, 0.1) is 0 Å². The van der Waals surface area contributed by atoms with E-state index in [-0.39, 0.29) is 16.8 Å². The summed E-state index contributed by atoms with van der Waals surface area (Å²) in [6.07, 6.45) is 0. The molecule has 1 aliphatic rings. The Balaban J connectivity index is 1.42. The van der Waals surface area contributed by atoms with Crippen LogP contribution in [0.15, 0.2) is 89.8 Å². The summed E-state index contributed by atoms with van der Waals surface area (Å²) in [5, 5.41) is 2.97. The molecule has 1 saturated heterocycles. The van der Waals surface area contributed by atoms with Crippen molar-refractivity contribution >= 4 is 21.6 Å². The number of likely N-dealkylation sites (N-methyl/N-ethyl adjacent to an activating group) is 1. The number of sulfonamides is 1. The summed E-state index contributed by atoms with van der Waals surface area (Å²) >= 11 is 0. The molecule has 0 spiro atoms. The van der Waals surface area contributed by atoms with Crippen LogP contribution in [0.4, 0.5) is 5.69 Å². The van der Waals surface area contributed by atoms with Gasteiger partial charge in [0.15, 0.2) is 0 Å². The fourth-order valence-corrected chi connectivity index (χ4v) is 5.81. The molecule has 0 saturated carbocycles. The summed E-state index contributed by atoms with van der Waals surface area (Å²) in [5.74, 6) is -0.293. The highest BCUT2D eigenvalue weighted by atomic mass is 32.2. The minimum Gasteiger partial charge on any atom is -0.369 e. The van der Waals surface area contributed by atoms with Crippen LogP contribution in [0.2, 0.25) is 0 Å². The van der Waals surface area contributed by atoms with Gasteiger partial charge >= 0.3 is 0 Å². The fraction of sp³-hybridized carbons (Fsp3) is 0.296. The maximum atomic E-state index is 13.3. The standard InChI is InChI=1S/C27H32N4O3S/c1-29(2)26(22-10-5-3-6-11-22)21-28-27(32)23-12-9-15-25(20-23)35(33,34)31-18-16-30(17-19-31)24-13-7-4-8-14-24/h3-15,20,26H,16-19,21H2,1-2H3,(H,28,32). The number of para-hydroxylation sites is 1. The number of nitrogens with zero attached hydrogens (tertiary/aromatic N) is 3. The second-order valence-corrected chi connectivity index (χ2v) is 10.8. The highest BCUT2D eigenvalue weighted by Gasteiger charge is 2.29. The van der Waals surface area contributed by atoms with Crippen LogP contribution < -0.4 is 10.2 Å². The maximum absolute atomic E-state index is 13.3. The number of carbonyl (C=O) groups excluding carboxylic acids is 1. The Kier molecular flexibility index (Phi) is 7.85. The molecule has 0 aliphatic carbocycles. The van der Waals surface area contributed by atoms with Gasteiger partial charge in [0.05, 0.1) is 10.9 Å². The van der Waals surface area contributed by atoms with Crippen LogP contribution in [0.25, 0.3) is 0 Å². The summed E-state index contributed by atoms with van der Waals surface area (Å²) in [7, 11) is 0.241. The van der Waals surface area contributed by atoms with Gasteiger partial charge in [-0.25, -0.2) is 8.42 Å². The van der Waals surface area contributed by atoms with E-state index in [1.807, 2.05) is 79.7 Å². The molecule has 7 nitrogen and oxygen atoms in total. The second-order valence-electron chi connectivity index (χ2n) is 8.85. The number of hydrogen-bond donors (Lipinski definition) is 1. The van der Waals surface area contributed by atoms with E-state index in [0.717, 1.165) is 11.3 Å². The molecule has 184 valence electrons. The van der Waals surface area contributed by atoms with Gasteiger partial charge in [-0.05, 0) is 50.0 Å². The molecule has 3 aromatic carbocycles. The number of piperazine rings is 1. The van der Waals surface area contributed by atoms with Gasteiger partial charge in [0.1, 0.15) is 0 Å². The summed E-state index contributed by atoms with van der Waals surface area (Å²) in [4.78, 5) is 17.3. The van der Waals surface area contributed by atoms with Crippen LogP contribution in [0.3, 0.4) is 0 Å². The molecule has 1 aliphatic heterocycles. The smallest absolute Gasteiger partial charge is 0.251 e. The first kappa shape index (κ1) is 24.9. The van der Waals surface area contributed by atoms with Crippen LogP contribution in [0.1, 0.15) is 22.0 Å². The zero-order valence-corrected chi connectivity index (χ0v) is 21.0. The molecule has 1 atom stereocenters. The zero-order valence-electron chi connectivity index (χ0n) is 20.2. The summed E-state index contributed by atoms with van der Waals surface area (Å²) in [6, 6.07) is 26.3. The zero-order chi connectivity index (χ0) is 24.8. The molecule has 3 aromatic rings. The summed E-state index contributed by atoms with van der Waals surface area (Å²) in [6.45, 7) is 2.45. The van der Waals surface area contributed by atoms with Gasteiger partial charge in [-0.2, -0.15) is 4.31 Å². The molecule has 0 radical (unpaired) electrons. The molecule has 0 aromatic heterocycles. The van der Waals surface area contributed by atoms with Crippen LogP contribution in [-0.4, -0.2) is 70.3 Å². The number of carbonyl (C=O) groups is 1. The molecule has 0 bridgehead atoms. The number of hydrogen-bond acceptors (Lipinski definition) is 5. The van der Waals surface area contributed by atoms with Crippen molar-refractivity contribution in [3.05, 3.63) is 96.1 Å².